The predicted octanol–water partition coefficient (Wildman–Crippen LogP) is 2.86. The summed E-state index contributed by atoms with van der Waals surface area (Å²) >= 11 is 0. The van der Waals surface area contributed by atoms with Crippen molar-refractivity contribution in [1.29, 1.82) is 5.41 Å². The first-order valence-corrected chi connectivity index (χ1v) is 12.8. The zero-order chi connectivity index (χ0) is 27.4. The minimum absolute atomic E-state index is 0.0291. The number of aryl methyl sites for hydroxylation is 1. The zero-order valence-corrected chi connectivity index (χ0v) is 22.4. The fraction of sp³-hybridized carbons (Fsp3) is 0.357. The summed E-state index contributed by atoms with van der Waals surface area (Å²) in [5.41, 5.74) is 15.0. The molecule has 0 aliphatic carbocycles. The lowest BCUT2D eigenvalue weighted by atomic mass is 10.0. The summed E-state index contributed by atoms with van der Waals surface area (Å²) in [5.74, 6) is 0.385. The standard InChI is InChI=1S/C28H37N9O/c1-5-36-11-9-22(10-12-36)37-23(13-20-8-6-7-18(2)24(20)28(37)38)16-35(4)27(32-17-29)25(19(3)30)26(31)21-14-33-34-15-21/h6-8,13-15,17,22,31H,3,5,9-12,16,30H2,1-2,4H3,(H2,29,32)(H,33,34)/b27-25-,31-26?. The maximum atomic E-state index is 14.0. The number of nitrogens with one attached hydrogen (secondary N) is 2. The Morgan fingerprint density at radius 1 is 1.37 bits per heavy atom. The van der Waals surface area contributed by atoms with Crippen LogP contribution in [0.15, 0.2) is 70.1 Å². The van der Waals surface area contributed by atoms with Gasteiger partial charge in [-0.25, -0.2) is 4.99 Å². The molecule has 6 N–H and O–H groups in total. The molecule has 200 valence electrons. The molecule has 0 bridgehead atoms. The Morgan fingerprint density at radius 3 is 2.71 bits per heavy atom. The van der Waals surface area contributed by atoms with Crippen LogP contribution in [0.25, 0.3) is 10.8 Å². The summed E-state index contributed by atoms with van der Waals surface area (Å²) in [6.07, 6.45) is 6.14. The lowest BCUT2D eigenvalue weighted by Gasteiger charge is -2.34. The normalized spacial score (nSPS) is 15.7. The number of aromatic amines is 1. The zero-order valence-electron chi connectivity index (χ0n) is 22.4. The number of aromatic nitrogens is 3. The van der Waals surface area contributed by atoms with E-state index >= 15 is 0 Å². The van der Waals surface area contributed by atoms with E-state index < -0.39 is 0 Å². The van der Waals surface area contributed by atoms with Crippen molar-refractivity contribution in [2.75, 3.05) is 26.7 Å². The molecule has 3 heterocycles. The Kier molecular flexibility index (Phi) is 8.11. The molecule has 10 nitrogen and oxygen atoms in total. The summed E-state index contributed by atoms with van der Waals surface area (Å²) in [4.78, 5) is 22.7. The molecular formula is C28H37N9O. The van der Waals surface area contributed by atoms with Crippen molar-refractivity contribution in [3.63, 3.8) is 0 Å². The first kappa shape index (κ1) is 26.9. The van der Waals surface area contributed by atoms with Crippen molar-refractivity contribution < 1.29 is 0 Å². The van der Waals surface area contributed by atoms with Gasteiger partial charge >= 0.3 is 0 Å². The van der Waals surface area contributed by atoms with E-state index in [1.165, 1.54) is 6.34 Å². The van der Waals surface area contributed by atoms with Crippen LogP contribution in [0.3, 0.4) is 0 Å². The SMILES string of the molecule is C=C(N)/C(C(=N)c1cn[nH]c1)=C(\N=C/N)N(C)Cc1cc2cccc(C)c2c(=O)n1C1CCN(CC)CC1. The quantitative estimate of drug-likeness (QED) is 0.196. The summed E-state index contributed by atoms with van der Waals surface area (Å²) in [6.45, 7) is 11.3. The van der Waals surface area contributed by atoms with E-state index in [0.717, 1.165) is 54.5 Å². The molecule has 0 amide bonds. The molecule has 3 aromatic rings. The number of likely N-dealkylation sites (tertiary alicyclic amines) is 1. The van der Waals surface area contributed by atoms with Crippen LogP contribution < -0.4 is 17.0 Å². The number of pyridine rings is 1. The van der Waals surface area contributed by atoms with E-state index in [1.54, 1.807) is 12.4 Å². The third-order valence-corrected chi connectivity index (χ3v) is 7.28. The number of rotatable bonds is 9. The second-order valence-electron chi connectivity index (χ2n) is 9.74. The number of nitrogens with zero attached hydrogens (tertiary/aromatic N) is 5. The number of hydrogen-bond donors (Lipinski definition) is 4. The molecule has 38 heavy (non-hydrogen) atoms. The van der Waals surface area contributed by atoms with Gasteiger partial charge in [-0.05, 0) is 43.3 Å². The van der Waals surface area contributed by atoms with Crippen LogP contribution in [0, 0.1) is 12.3 Å². The lowest BCUT2D eigenvalue weighted by Crippen LogP contribution is -2.39. The second kappa shape index (κ2) is 11.5. The Bertz CT molecular complexity index is 1440. The van der Waals surface area contributed by atoms with Gasteiger partial charge in [0.25, 0.3) is 5.56 Å². The molecule has 0 radical (unpaired) electrons. The van der Waals surface area contributed by atoms with E-state index in [9.17, 15) is 4.79 Å². The van der Waals surface area contributed by atoms with Crippen molar-refractivity contribution in [3.05, 3.63) is 87.5 Å². The number of H-pyrrole nitrogens is 1. The smallest absolute Gasteiger partial charge is 0.259 e. The Labute approximate surface area is 222 Å². The highest BCUT2D eigenvalue weighted by molar-refractivity contribution is 6.13. The van der Waals surface area contributed by atoms with E-state index in [0.29, 0.717) is 23.5 Å². The molecule has 4 rings (SSSR count). The van der Waals surface area contributed by atoms with Crippen LogP contribution in [-0.2, 0) is 6.54 Å². The Balaban J connectivity index is 1.83. The van der Waals surface area contributed by atoms with Crippen molar-refractivity contribution in [2.24, 2.45) is 16.5 Å². The molecule has 1 aliphatic heterocycles. The summed E-state index contributed by atoms with van der Waals surface area (Å²) in [6, 6.07) is 8.12. The van der Waals surface area contributed by atoms with Crippen LogP contribution >= 0.6 is 0 Å². The average molecular weight is 516 g/mol. The molecule has 1 saturated heterocycles. The van der Waals surface area contributed by atoms with E-state index in [4.69, 9.17) is 16.9 Å². The van der Waals surface area contributed by atoms with E-state index in [1.807, 2.05) is 41.6 Å². The minimum Gasteiger partial charge on any atom is -0.399 e. The number of nitrogens with two attached hydrogens (primary N) is 2. The maximum absolute atomic E-state index is 14.0. The first-order valence-electron chi connectivity index (χ1n) is 12.8. The van der Waals surface area contributed by atoms with Crippen LogP contribution in [-0.4, -0.2) is 63.3 Å². The molecular weight excluding hydrogens is 478 g/mol. The van der Waals surface area contributed by atoms with Gasteiger partial charge in [0.15, 0.2) is 0 Å². The lowest BCUT2D eigenvalue weighted by molar-refractivity contribution is 0.189. The fourth-order valence-electron chi connectivity index (χ4n) is 5.31. The molecule has 1 aromatic carbocycles. The van der Waals surface area contributed by atoms with Crippen LogP contribution in [0.2, 0.25) is 0 Å². The predicted molar refractivity (Wildman–Crippen MR) is 153 cm³/mol. The topological polar surface area (TPSA) is 145 Å². The molecule has 2 aromatic heterocycles. The Morgan fingerprint density at radius 2 is 2.11 bits per heavy atom. The van der Waals surface area contributed by atoms with Gasteiger partial charge < -0.3 is 25.8 Å². The van der Waals surface area contributed by atoms with Crippen molar-refractivity contribution >= 4 is 22.8 Å². The van der Waals surface area contributed by atoms with Crippen molar-refractivity contribution in [2.45, 2.75) is 39.3 Å². The molecule has 10 heteroatoms. The number of piperidine rings is 1. The molecule has 0 spiro atoms. The molecule has 1 aliphatic rings. The van der Waals surface area contributed by atoms with Crippen molar-refractivity contribution in [3.8, 4) is 0 Å². The Hall–Kier alpha value is -4.18. The third kappa shape index (κ3) is 5.26. The monoisotopic (exact) mass is 515 g/mol. The molecule has 0 unspecified atom stereocenters. The first-order chi connectivity index (χ1) is 18.3. The minimum atomic E-state index is 0.0291. The van der Waals surface area contributed by atoms with Gasteiger partial charge in [-0.15, -0.1) is 0 Å². The van der Waals surface area contributed by atoms with Crippen LogP contribution in [0.5, 0.6) is 0 Å². The third-order valence-electron chi connectivity index (χ3n) is 7.28. The van der Waals surface area contributed by atoms with Gasteiger partial charge in [-0.3, -0.25) is 15.3 Å². The van der Waals surface area contributed by atoms with Crippen molar-refractivity contribution in [1.82, 2.24) is 24.6 Å². The van der Waals surface area contributed by atoms with Gasteiger partial charge in [-0.1, -0.05) is 31.7 Å². The summed E-state index contributed by atoms with van der Waals surface area (Å²) in [5, 5.41) is 17.1. The van der Waals surface area contributed by atoms with Gasteiger partial charge in [0, 0.05) is 49.3 Å². The number of benzene rings is 1. The van der Waals surface area contributed by atoms with Gasteiger partial charge in [-0.2, -0.15) is 5.10 Å². The highest BCUT2D eigenvalue weighted by Crippen LogP contribution is 2.27. The fourth-order valence-corrected chi connectivity index (χ4v) is 5.31. The molecule has 0 atom stereocenters. The van der Waals surface area contributed by atoms with E-state index in [-0.39, 0.29) is 23.0 Å². The largest absolute Gasteiger partial charge is 0.399 e. The van der Waals surface area contributed by atoms with Crippen LogP contribution in [0.1, 0.15) is 42.6 Å². The number of aliphatic imine (C=N–C) groups is 1. The maximum Gasteiger partial charge on any atom is 0.259 e. The second-order valence-corrected chi connectivity index (χ2v) is 9.74. The number of fused-ring (bicyclic) bond motifs is 1. The van der Waals surface area contributed by atoms with E-state index in [2.05, 4.69) is 39.7 Å². The molecule has 1 fully saturated rings. The highest BCUT2D eigenvalue weighted by Gasteiger charge is 2.26. The highest BCUT2D eigenvalue weighted by atomic mass is 16.1. The summed E-state index contributed by atoms with van der Waals surface area (Å²) in [7, 11) is 1.85. The number of allylic oxidation sites excluding steroid dienone is 1. The average Bonchev–Trinajstić information content (AvgIpc) is 3.43. The summed E-state index contributed by atoms with van der Waals surface area (Å²) < 4.78 is 1.97. The van der Waals surface area contributed by atoms with Gasteiger partial charge in [0.2, 0.25) is 0 Å². The van der Waals surface area contributed by atoms with Gasteiger partial charge in [0.05, 0.1) is 35.8 Å². The van der Waals surface area contributed by atoms with Gasteiger partial charge in [0.1, 0.15) is 5.82 Å². The number of hydrogen-bond acceptors (Lipinski definition) is 7. The van der Waals surface area contributed by atoms with Crippen LogP contribution in [0.4, 0.5) is 0 Å². The molecule has 0 saturated carbocycles.